The minimum Gasteiger partial charge on any atom is -0.393 e. The maximum atomic E-state index is 12.0. The van der Waals surface area contributed by atoms with E-state index in [0.717, 1.165) is 36.6 Å². The third kappa shape index (κ3) is 3.42. The Bertz CT molecular complexity index is 623. The monoisotopic (exact) mass is 287 g/mol. The van der Waals surface area contributed by atoms with Crippen molar-refractivity contribution in [2.75, 3.05) is 6.54 Å². The summed E-state index contributed by atoms with van der Waals surface area (Å²) in [6.07, 6.45) is 5.40. The lowest BCUT2D eigenvalue weighted by Gasteiger charge is -2.25. The number of benzene rings is 1. The molecule has 0 spiro atoms. The molecule has 1 aromatic carbocycles. The van der Waals surface area contributed by atoms with Crippen LogP contribution >= 0.6 is 0 Å². The molecule has 2 aromatic rings. The Balaban J connectivity index is 1.54. The molecule has 2 N–H and O–H groups in total. The van der Waals surface area contributed by atoms with E-state index in [2.05, 4.69) is 10.4 Å². The summed E-state index contributed by atoms with van der Waals surface area (Å²) in [6.45, 7) is 0.887. The molecule has 0 saturated heterocycles. The summed E-state index contributed by atoms with van der Waals surface area (Å²) in [7, 11) is 0. The molecular formula is C16H21N3O2. The molecule has 0 aliphatic heterocycles. The number of carbonyl (C=O) groups excluding carboxylic acids is 1. The lowest BCUT2D eigenvalue weighted by atomic mass is 9.87. The number of hydrogen-bond donors (Lipinski definition) is 2. The van der Waals surface area contributed by atoms with Gasteiger partial charge in [0.1, 0.15) is 6.54 Å². The van der Waals surface area contributed by atoms with Crippen molar-refractivity contribution in [2.24, 2.45) is 5.92 Å². The van der Waals surface area contributed by atoms with Crippen molar-refractivity contribution in [3.63, 3.8) is 0 Å². The molecule has 1 saturated carbocycles. The van der Waals surface area contributed by atoms with Crippen molar-refractivity contribution >= 4 is 16.8 Å². The van der Waals surface area contributed by atoms with Gasteiger partial charge in [0.05, 0.1) is 17.8 Å². The van der Waals surface area contributed by atoms with Gasteiger partial charge in [-0.1, -0.05) is 24.6 Å². The molecule has 5 heteroatoms. The molecule has 5 nitrogen and oxygen atoms in total. The molecule has 1 amide bonds. The summed E-state index contributed by atoms with van der Waals surface area (Å²) >= 11 is 0. The molecule has 1 aliphatic carbocycles. The van der Waals surface area contributed by atoms with Crippen LogP contribution in [-0.4, -0.2) is 33.4 Å². The normalized spacial score (nSPS) is 22.3. The quantitative estimate of drug-likeness (QED) is 0.899. The minimum absolute atomic E-state index is 0.0242. The summed E-state index contributed by atoms with van der Waals surface area (Å²) in [4.78, 5) is 12.0. The Labute approximate surface area is 124 Å². The topological polar surface area (TPSA) is 67.2 Å². The number of nitrogens with one attached hydrogen (secondary N) is 1. The zero-order valence-electron chi connectivity index (χ0n) is 12.0. The fraction of sp³-hybridized carbons (Fsp3) is 0.500. The van der Waals surface area contributed by atoms with E-state index in [1.54, 1.807) is 10.9 Å². The van der Waals surface area contributed by atoms with Crippen LogP contribution in [0.5, 0.6) is 0 Å². The van der Waals surface area contributed by atoms with E-state index in [0.29, 0.717) is 12.5 Å². The Morgan fingerprint density at radius 2 is 2.24 bits per heavy atom. The van der Waals surface area contributed by atoms with Gasteiger partial charge < -0.3 is 10.4 Å². The first kappa shape index (κ1) is 14.1. The van der Waals surface area contributed by atoms with Gasteiger partial charge in [0.25, 0.3) is 0 Å². The highest BCUT2D eigenvalue weighted by atomic mass is 16.3. The number of amides is 1. The average Bonchev–Trinajstić information content (AvgIpc) is 2.89. The molecular weight excluding hydrogens is 266 g/mol. The SMILES string of the molecule is O=C(Cn1ncc2ccccc21)NCC1CCCC(O)C1. The lowest BCUT2D eigenvalue weighted by Crippen LogP contribution is -2.35. The van der Waals surface area contributed by atoms with Crippen LogP contribution in [0.25, 0.3) is 10.9 Å². The summed E-state index contributed by atoms with van der Waals surface area (Å²) in [5, 5.41) is 17.9. The van der Waals surface area contributed by atoms with E-state index >= 15 is 0 Å². The van der Waals surface area contributed by atoms with Gasteiger partial charge in [-0.15, -0.1) is 0 Å². The largest absolute Gasteiger partial charge is 0.393 e. The number of fused-ring (bicyclic) bond motifs is 1. The Hall–Kier alpha value is -1.88. The number of rotatable bonds is 4. The second kappa shape index (κ2) is 6.26. The second-order valence-corrected chi connectivity index (χ2v) is 5.85. The highest BCUT2D eigenvalue weighted by Gasteiger charge is 2.20. The predicted octanol–water partition coefficient (Wildman–Crippen LogP) is 1.70. The van der Waals surface area contributed by atoms with Crippen LogP contribution in [0.2, 0.25) is 0 Å². The first-order valence-corrected chi connectivity index (χ1v) is 7.57. The maximum absolute atomic E-state index is 12.0. The molecule has 0 radical (unpaired) electrons. The number of hydrogen-bond acceptors (Lipinski definition) is 3. The van der Waals surface area contributed by atoms with Crippen molar-refractivity contribution in [2.45, 2.75) is 38.3 Å². The molecule has 21 heavy (non-hydrogen) atoms. The average molecular weight is 287 g/mol. The van der Waals surface area contributed by atoms with Gasteiger partial charge in [0, 0.05) is 11.9 Å². The zero-order chi connectivity index (χ0) is 14.7. The van der Waals surface area contributed by atoms with Gasteiger partial charge in [0.2, 0.25) is 5.91 Å². The lowest BCUT2D eigenvalue weighted by molar-refractivity contribution is -0.122. The van der Waals surface area contributed by atoms with Gasteiger partial charge >= 0.3 is 0 Å². The number of carbonyl (C=O) groups is 1. The van der Waals surface area contributed by atoms with Crippen molar-refractivity contribution < 1.29 is 9.90 Å². The predicted molar refractivity (Wildman–Crippen MR) is 80.7 cm³/mol. The maximum Gasteiger partial charge on any atom is 0.241 e. The van der Waals surface area contributed by atoms with Crippen LogP contribution in [0.1, 0.15) is 25.7 Å². The molecule has 112 valence electrons. The van der Waals surface area contributed by atoms with Gasteiger partial charge in [0.15, 0.2) is 0 Å². The molecule has 0 bridgehead atoms. The Morgan fingerprint density at radius 3 is 3.10 bits per heavy atom. The van der Waals surface area contributed by atoms with Crippen LogP contribution in [-0.2, 0) is 11.3 Å². The van der Waals surface area contributed by atoms with Crippen molar-refractivity contribution in [3.8, 4) is 0 Å². The van der Waals surface area contributed by atoms with Gasteiger partial charge in [-0.3, -0.25) is 9.48 Å². The van der Waals surface area contributed by atoms with Crippen LogP contribution in [0.15, 0.2) is 30.5 Å². The van der Waals surface area contributed by atoms with Crippen molar-refractivity contribution in [1.29, 1.82) is 0 Å². The standard InChI is InChI=1S/C16H21N3O2/c20-14-6-3-4-12(8-14)9-17-16(21)11-19-15-7-2-1-5-13(15)10-18-19/h1-2,5,7,10,12,14,20H,3-4,6,8-9,11H2,(H,17,21). The van der Waals surface area contributed by atoms with E-state index in [4.69, 9.17) is 0 Å². The van der Waals surface area contributed by atoms with Crippen molar-refractivity contribution in [3.05, 3.63) is 30.5 Å². The Kier molecular flexibility index (Phi) is 4.20. The van der Waals surface area contributed by atoms with E-state index < -0.39 is 0 Å². The van der Waals surface area contributed by atoms with Crippen LogP contribution in [0, 0.1) is 5.92 Å². The highest BCUT2D eigenvalue weighted by molar-refractivity contribution is 5.81. The number of nitrogens with zero attached hydrogens (tertiary/aromatic N) is 2. The number of aliphatic hydroxyl groups excluding tert-OH is 1. The third-order valence-corrected chi connectivity index (χ3v) is 4.19. The van der Waals surface area contributed by atoms with Crippen LogP contribution < -0.4 is 5.32 Å². The number of aliphatic hydroxyl groups is 1. The number of aromatic nitrogens is 2. The fourth-order valence-corrected chi connectivity index (χ4v) is 3.05. The van der Waals surface area contributed by atoms with Crippen LogP contribution in [0.3, 0.4) is 0 Å². The minimum atomic E-state index is -0.198. The van der Waals surface area contributed by atoms with E-state index in [-0.39, 0.29) is 18.6 Å². The summed E-state index contributed by atoms with van der Waals surface area (Å²) in [5.74, 6) is 0.371. The smallest absolute Gasteiger partial charge is 0.241 e. The zero-order valence-corrected chi connectivity index (χ0v) is 12.0. The molecule has 1 heterocycles. The van der Waals surface area contributed by atoms with Gasteiger partial charge in [-0.25, -0.2) is 0 Å². The molecule has 1 aromatic heterocycles. The summed E-state index contributed by atoms with van der Waals surface area (Å²) in [5.41, 5.74) is 0.973. The molecule has 2 atom stereocenters. The first-order chi connectivity index (χ1) is 10.2. The first-order valence-electron chi connectivity index (χ1n) is 7.57. The van der Waals surface area contributed by atoms with E-state index in [9.17, 15) is 9.90 Å². The second-order valence-electron chi connectivity index (χ2n) is 5.85. The molecule has 1 aliphatic rings. The third-order valence-electron chi connectivity index (χ3n) is 4.19. The van der Waals surface area contributed by atoms with Crippen LogP contribution in [0.4, 0.5) is 0 Å². The van der Waals surface area contributed by atoms with E-state index in [1.165, 1.54) is 0 Å². The molecule has 3 rings (SSSR count). The summed E-state index contributed by atoms with van der Waals surface area (Å²) in [6, 6.07) is 7.86. The van der Waals surface area contributed by atoms with Gasteiger partial charge in [-0.05, 0) is 31.2 Å². The summed E-state index contributed by atoms with van der Waals surface area (Å²) < 4.78 is 1.72. The van der Waals surface area contributed by atoms with E-state index in [1.807, 2.05) is 24.3 Å². The fourth-order valence-electron chi connectivity index (χ4n) is 3.05. The number of para-hydroxylation sites is 1. The van der Waals surface area contributed by atoms with Crippen molar-refractivity contribution in [1.82, 2.24) is 15.1 Å². The molecule has 1 fully saturated rings. The van der Waals surface area contributed by atoms with Gasteiger partial charge in [-0.2, -0.15) is 5.10 Å². The molecule has 2 unspecified atom stereocenters. The Morgan fingerprint density at radius 1 is 1.38 bits per heavy atom. The highest BCUT2D eigenvalue weighted by Crippen LogP contribution is 2.23.